The maximum absolute atomic E-state index is 12.6. The first-order chi connectivity index (χ1) is 13.9. The lowest BCUT2D eigenvalue weighted by molar-refractivity contribution is 0.414. The number of rotatable bonds is 7. The Morgan fingerprint density at radius 3 is 2.62 bits per heavy atom. The summed E-state index contributed by atoms with van der Waals surface area (Å²) in [6.07, 6.45) is 3.52. The van der Waals surface area contributed by atoms with Gasteiger partial charge in [0.15, 0.2) is 15.7 Å². The third kappa shape index (κ3) is 4.51. The van der Waals surface area contributed by atoms with Crippen LogP contribution in [0.4, 0.5) is 0 Å². The minimum atomic E-state index is -3.51. The summed E-state index contributed by atoms with van der Waals surface area (Å²) >= 11 is 1.38. The van der Waals surface area contributed by atoms with Crippen LogP contribution in [0, 0.1) is 0 Å². The standard InChI is InChI=1S/C18H17N5O4S2/c1-23-8-13(7-19-23)18-20-14(9-28-18)10-29(24,25)11-16-21-17(27-22-16)12-3-5-15(26-2)6-4-12/h3-9H,10-11H2,1-2H3. The average Bonchev–Trinajstić information content (AvgIpc) is 3.43. The van der Waals surface area contributed by atoms with E-state index < -0.39 is 9.84 Å². The third-order valence-corrected chi connectivity index (χ3v) is 6.40. The van der Waals surface area contributed by atoms with Crippen molar-refractivity contribution in [3.8, 4) is 27.8 Å². The van der Waals surface area contributed by atoms with Gasteiger partial charge in [-0.1, -0.05) is 5.16 Å². The molecule has 0 aliphatic rings. The summed E-state index contributed by atoms with van der Waals surface area (Å²) in [7, 11) is -0.123. The molecule has 0 amide bonds. The number of thiazole rings is 1. The van der Waals surface area contributed by atoms with Gasteiger partial charge in [-0.25, -0.2) is 13.4 Å². The molecule has 0 N–H and O–H groups in total. The van der Waals surface area contributed by atoms with Crippen molar-refractivity contribution < 1.29 is 17.7 Å². The number of nitrogens with zero attached hydrogens (tertiary/aromatic N) is 5. The number of benzene rings is 1. The van der Waals surface area contributed by atoms with Gasteiger partial charge in [0.2, 0.25) is 0 Å². The van der Waals surface area contributed by atoms with Crippen LogP contribution in [0.2, 0.25) is 0 Å². The number of aromatic nitrogens is 5. The van der Waals surface area contributed by atoms with E-state index in [1.165, 1.54) is 11.3 Å². The Bertz CT molecular complexity index is 1230. The van der Waals surface area contributed by atoms with Crippen LogP contribution in [0.1, 0.15) is 11.5 Å². The molecule has 0 bridgehead atoms. The van der Waals surface area contributed by atoms with Crippen LogP contribution in [-0.2, 0) is 28.4 Å². The van der Waals surface area contributed by atoms with Crippen molar-refractivity contribution in [2.45, 2.75) is 11.5 Å². The quantitative estimate of drug-likeness (QED) is 0.439. The largest absolute Gasteiger partial charge is 0.497 e. The van der Waals surface area contributed by atoms with Crippen molar-refractivity contribution in [3.63, 3.8) is 0 Å². The zero-order valence-electron chi connectivity index (χ0n) is 15.6. The van der Waals surface area contributed by atoms with E-state index in [1.54, 1.807) is 47.6 Å². The molecule has 0 saturated heterocycles. The highest BCUT2D eigenvalue weighted by molar-refractivity contribution is 7.89. The van der Waals surface area contributed by atoms with Crippen molar-refractivity contribution in [2.24, 2.45) is 7.05 Å². The van der Waals surface area contributed by atoms with Crippen molar-refractivity contribution >= 4 is 21.2 Å². The molecule has 9 nitrogen and oxygen atoms in total. The van der Waals surface area contributed by atoms with E-state index in [1.807, 2.05) is 13.2 Å². The molecule has 1 aromatic carbocycles. The number of ether oxygens (including phenoxy) is 1. The van der Waals surface area contributed by atoms with Crippen molar-refractivity contribution in [2.75, 3.05) is 7.11 Å². The molecule has 29 heavy (non-hydrogen) atoms. The zero-order valence-corrected chi connectivity index (χ0v) is 17.3. The van der Waals surface area contributed by atoms with Gasteiger partial charge in [0.25, 0.3) is 5.89 Å². The lowest BCUT2D eigenvalue weighted by Gasteiger charge is -1.99. The smallest absolute Gasteiger partial charge is 0.257 e. The van der Waals surface area contributed by atoms with Gasteiger partial charge < -0.3 is 9.26 Å². The number of methoxy groups -OCH3 is 1. The van der Waals surface area contributed by atoms with E-state index >= 15 is 0 Å². The SMILES string of the molecule is COc1ccc(-c2nc(CS(=O)(=O)Cc3csc(-c4cnn(C)c4)n3)no2)cc1. The number of aryl methyl sites for hydroxylation is 1. The van der Waals surface area contributed by atoms with Gasteiger partial charge >= 0.3 is 0 Å². The lowest BCUT2D eigenvalue weighted by atomic mass is 10.2. The first kappa shape index (κ1) is 19.3. The van der Waals surface area contributed by atoms with E-state index in [4.69, 9.17) is 9.26 Å². The number of hydrogen-bond donors (Lipinski definition) is 0. The molecule has 0 radical (unpaired) electrons. The summed E-state index contributed by atoms with van der Waals surface area (Å²) in [5, 5.41) is 10.4. The molecule has 0 spiro atoms. The van der Waals surface area contributed by atoms with Crippen molar-refractivity contribution in [1.82, 2.24) is 24.9 Å². The van der Waals surface area contributed by atoms with Crippen LogP contribution in [0.25, 0.3) is 22.0 Å². The van der Waals surface area contributed by atoms with E-state index in [0.29, 0.717) is 17.0 Å². The molecule has 0 saturated carbocycles. The second kappa shape index (κ2) is 7.76. The van der Waals surface area contributed by atoms with Gasteiger partial charge in [0, 0.05) is 29.8 Å². The summed E-state index contributed by atoms with van der Waals surface area (Å²) < 4.78 is 37.1. The molecule has 150 valence electrons. The van der Waals surface area contributed by atoms with Gasteiger partial charge in [-0.3, -0.25) is 4.68 Å². The number of hydrogen-bond acceptors (Lipinski definition) is 9. The molecule has 3 aromatic heterocycles. The minimum absolute atomic E-state index is 0.110. The molecule has 11 heteroatoms. The molecule has 0 aliphatic carbocycles. The van der Waals surface area contributed by atoms with Crippen molar-refractivity contribution in [3.05, 3.63) is 53.6 Å². The van der Waals surface area contributed by atoms with Gasteiger partial charge in [-0.2, -0.15) is 10.1 Å². The molecule has 0 atom stereocenters. The Morgan fingerprint density at radius 1 is 1.14 bits per heavy atom. The van der Waals surface area contributed by atoms with Gasteiger partial charge in [-0.05, 0) is 24.3 Å². The summed E-state index contributed by atoms with van der Waals surface area (Å²) in [5.74, 6) is 0.539. The Balaban J connectivity index is 1.45. The van der Waals surface area contributed by atoms with E-state index in [-0.39, 0.29) is 23.2 Å². The molecule has 4 rings (SSSR count). The number of sulfone groups is 1. The molecule has 0 fully saturated rings. The highest BCUT2D eigenvalue weighted by Gasteiger charge is 2.20. The summed E-state index contributed by atoms with van der Waals surface area (Å²) in [5.41, 5.74) is 2.01. The monoisotopic (exact) mass is 431 g/mol. The first-order valence-electron chi connectivity index (χ1n) is 8.53. The predicted octanol–water partition coefficient (Wildman–Crippen LogP) is 2.72. The fourth-order valence-corrected chi connectivity index (χ4v) is 4.79. The molecular weight excluding hydrogens is 414 g/mol. The molecule has 0 unspecified atom stereocenters. The normalized spacial score (nSPS) is 11.7. The first-order valence-corrected chi connectivity index (χ1v) is 11.2. The molecule has 4 aromatic rings. The summed E-state index contributed by atoms with van der Waals surface area (Å²) in [4.78, 5) is 8.59. The van der Waals surface area contributed by atoms with Crippen LogP contribution >= 0.6 is 11.3 Å². The molecule has 0 aliphatic heterocycles. The predicted molar refractivity (Wildman–Crippen MR) is 107 cm³/mol. The molecular formula is C18H17N5O4S2. The Labute approximate surface area is 170 Å². The fraction of sp³-hybridized carbons (Fsp3) is 0.222. The van der Waals surface area contributed by atoms with Crippen LogP contribution < -0.4 is 4.74 Å². The third-order valence-electron chi connectivity index (χ3n) is 4.03. The second-order valence-electron chi connectivity index (χ2n) is 6.32. The Morgan fingerprint density at radius 2 is 1.93 bits per heavy atom. The molecule has 3 heterocycles. The minimum Gasteiger partial charge on any atom is -0.497 e. The zero-order chi connectivity index (χ0) is 20.4. The summed E-state index contributed by atoms with van der Waals surface area (Å²) in [6, 6.07) is 7.05. The van der Waals surface area contributed by atoms with Gasteiger partial charge in [0.1, 0.15) is 16.5 Å². The Kier molecular flexibility index (Phi) is 5.16. The second-order valence-corrected chi connectivity index (χ2v) is 9.25. The highest BCUT2D eigenvalue weighted by Crippen LogP contribution is 2.25. The van der Waals surface area contributed by atoms with Gasteiger partial charge in [-0.15, -0.1) is 11.3 Å². The van der Waals surface area contributed by atoms with Gasteiger partial charge in [0.05, 0.1) is 24.8 Å². The van der Waals surface area contributed by atoms with E-state index in [2.05, 4.69) is 20.2 Å². The average molecular weight is 431 g/mol. The van der Waals surface area contributed by atoms with E-state index in [9.17, 15) is 8.42 Å². The van der Waals surface area contributed by atoms with Crippen molar-refractivity contribution in [1.29, 1.82) is 0 Å². The van der Waals surface area contributed by atoms with Crippen LogP contribution in [0.5, 0.6) is 5.75 Å². The summed E-state index contributed by atoms with van der Waals surface area (Å²) in [6.45, 7) is 0. The Hall–Kier alpha value is -3.05. The fourth-order valence-electron chi connectivity index (χ4n) is 2.67. The van der Waals surface area contributed by atoms with Crippen LogP contribution in [0.3, 0.4) is 0 Å². The topological polar surface area (TPSA) is 113 Å². The maximum atomic E-state index is 12.6. The van der Waals surface area contributed by atoms with Crippen LogP contribution in [-0.4, -0.2) is 40.4 Å². The highest BCUT2D eigenvalue weighted by atomic mass is 32.2. The maximum Gasteiger partial charge on any atom is 0.257 e. The van der Waals surface area contributed by atoms with Crippen LogP contribution in [0.15, 0.2) is 46.6 Å². The lowest BCUT2D eigenvalue weighted by Crippen LogP contribution is -2.09. The van der Waals surface area contributed by atoms with E-state index in [0.717, 1.165) is 10.6 Å².